The molecular weight excluding hydrogens is 752 g/mol. The van der Waals surface area contributed by atoms with Crippen molar-refractivity contribution in [3.05, 3.63) is 157 Å². The number of halogens is 6. The molecule has 5 rings (SSSR count). The van der Waals surface area contributed by atoms with Gasteiger partial charge in [-0.3, -0.25) is 4.79 Å². The Hall–Kier alpha value is -3.90. The molecule has 14 heteroatoms. The first-order valence-electron chi connectivity index (χ1n) is 14.8. The van der Waals surface area contributed by atoms with Gasteiger partial charge in [0.15, 0.2) is 5.75 Å². The lowest BCUT2D eigenvalue weighted by molar-refractivity contribution is 0.0729. The van der Waals surface area contributed by atoms with Gasteiger partial charge in [0.2, 0.25) is 10.0 Å². The van der Waals surface area contributed by atoms with E-state index in [0.29, 0.717) is 32.3 Å². The van der Waals surface area contributed by atoms with Crippen molar-refractivity contribution in [2.24, 2.45) is 0 Å². The highest BCUT2D eigenvalue weighted by Gasteiger charge is 2.31. The minimum absolute atomic E-state index is 0.0150. The predicted octanol–water partition coefficient (Wildman–Crippen LogP) is 9.53. The van der Waals surface area contributed by atoms with Crippen molar-refractivity contribution < 1.29 is 31.8 Å². The molecule has 1 amide bonds. The van der Waals surface area contributed by atoms with Gasteiger partial charge in [0.1, 0.15) is 22.3 Å². The first-order valence-corrected chi connectivity index (χ1v) is 17.8. The number of rotatable bonds is 12. The number of benzene rings is 5. The number of methoxy groups -OCH3 is 1. The second-order valence-corrected chi connectivity index (χ2v) is 14.8. The van der Waals surface area contributed by atoms with Crippen LogP contribution in [0.5, 0.6) is 11.5 Å². The first-order chi connectivity index (χ1) is 23.7. The van der Waals surface area contributed by atoms with Crippen LogP contribution in [0, 0.1) is 11.6 Å². The van der Waals surface area contributed by atoms with E-state index in [0.717, 1.165) is 10.4 Å². The fourth-order valence-corrected chi connectivity index (χ4v) is 7.93. The summed E-state index contributed by atoms with van der Waals surface area (Å²) in [6, 6.07) is 22.8. The highest BCUT2D eigenvalue weighted by atomic mass is 35.5. The molecule has 0 atom stereocenters. The summed E-state index contributed by atoms with van der Waals surface area (Å²) < 4.78 is 62.1. The number of phenolic OH excluding ortho intramolecular Hbond substituents is 1. The first kappa shape index (κ1) is 37.4. The maximum absolute atomic E-state index is 14.0. The molecule has 0 spiro atoms. The van der Waals surface area contributed by atoms with E-state index in [1.807, 2.05) is 0 Å². The number of ether oxygens (including phenoxy) is 1. The molecule has 0 saturated heterocycles. The van der Waals surface area contributed by atoms with Gasteiger partial charge in [0.25, 0.3) is 5.91 Å². The number of sulfonamides is 1. The third-order valence-corrected chi connectivity index (χ3v) is 10.4. The molecule has 0 unspecified atom stereocenters. The normalized spacial score (nSPS) is 11.5. The molecule has 0 fully saturated rings. The lowest BCUT2D eigenvalue weighted by Crippen LogP contribution is -2.31. The van der Waals surface area contributed by atoms with E-state index >= 15 is 0 Å². The maximum Gasteiger partial charge on any atom is 0.254 e. The molecular formula is C36H28Cl4F2N2O5S. The number of phenols is 1. The van der Waals surface area contributed by atoms with Crippen molar-refractivity contribution >= 4 is 62.3 Å². The quantitative estimate of drug-likeness (QED) is 0.136. The van der Waals surface area contributed by atoms with Gasteiger partial charge in [-0.25, -0.2) is 17.2 Å². The van der Waals surface area contributed by atoms with Crippen LogP contribution in [-0.4, -0.2) is 35.7 Å². The lowest BCUT2D eigenvalue weighted by Gasteiger charge is -2.26. The van der Waals surface area contributed by atoms with Crippen LogP contribution in [0.1, 0.15) is 32.6 Å². The molecule has 5 aromatic rings. The predicted molar refractivity (Wildman–Crippen MR) is 190 cm³/mol. The van der Waals surface area contributed by atoms with E-state index < -0.39 is 38.2 Å². The summed E-state index contributed by atoms with van der Waals surface area (Å²) in [6.07, 6.45) is 0. The Morgan fingerprint density at radius 1 is 0.700 bits per heavy atom. The Labute approximate surface area is 308 Å². The summed E-state index contributed by atoms with van der Waals surface area (Å²) in [7, 11) is -3.11. The topological polar surface area (TPSA) is 87.2 Å². The van der Waals surface area contributed by atoms with E-state index in [2.05, 4.69) is 0 Å². The molecule has 7 nitrogen and oxygen atoms in total. The molecule has 50 heavy (non-hydrogen) atoms. The fraction of sp³-hybridized carbons (Fsp3) is 0.139. The van der Waals surface area contributed by atoms with Crippen molar-refractivity contribution in [1.82, 2.24) is 9.21 Å². The molecule has 0 aliphatic carbocycles. The van der Waals surface area contributed by atoms with Gasteiger partial charge in [0.05, 0.1) is 12.1 Å². The Morgan fingerprint density at radius 2 is 1.24 bits per heavy atom. The second-order valence-electron chi connectivity index (χ2n) is 11.2. The molecule has 0 heterocycles. The summed E-state index contributed by atoms with van der Waals surface area (Å²) in [5.74, 6) is -1.83. The fourth-order valence-electron chi connectivity index (χ4n) is 5.21. The monoisotopic (exact) mass is 778 g/mol. The van der Waals surface area contributed by atoms with Crippen LogP contribution in [0.15, 0.2) is 102 Å². The van der Waals surface area contributed by atoms with Crippen LogP contribution >= 0.6 is 46.4 Å². The van der Waals surface area contributed by atoms with Crippen molar-refractivity contribution in [2.75, 3.05) is 7.11 Å². The Bertz CT molecular complexity index is 2120. The highest BCUT2D eigenvalue weighted by Crippen LogP contribution is 2.37. The number of nitrogens with zero attached hydrogens (tertiary/aromatic N) is 2. The molecule has 0 aromatic heterocycles. The zero-order valence-electron chi connectivity index (χ0n) is 26.2. The van der Waals surface area contributed by atoms with Crippen LogP contribution in [-0.2, 0) is 36.2 Å². The minimum Gasteiger partial charge on any atom is -0.505 e. The molecule has 0 radical (unpaired) electrons. The zero-order valence-corrected chi connectivity index (χ0v) is 30.1. The number of carbonyl (C=O) groups is 1. The maximum atomic E-state index is 14.0. The van der Waals surface area contributed by atoms with Gasteiger partial charge in [-0.05, 0) is 83.4 Å². The van der Waals surface area contributed by atoms with E-state index in [9.17, 15) is 27.1 Å². The second kappa shape index (κ2) is 16.0. The number of amides is 1. The van der Waals surface area contributed by atoms with Gasteiger partial charge in [-0.15, -0.1) is 0 Å². The van der Waals surface area contributed by atoms with Crippen LogP contribution < -0.4 is 4.74 Å². The van der Waals surface area contributed by atoms with Crippen molar-refractivity contribution in [3.8, 4) is 11.5 Å². The lowest BCUT2D eigenvalue weighted by atomic mass is 10.1. The van der Waals surface area contributed by atoms with Gasteiger partial charge in [-0.1, -0.05) is 76.7 Å². The van der Waals surface area contributed by atoms with E-state index in [4.69, 9.17) is 51.1 Å². The molecule has 0 bridgehead atoms. The highest BCUT2D eigenvalue weighted by molar-refractivity contribution is 7.89. The number of hydrogen-bond donors (Lipinski definition) is 1. The molecule has 260 valence electrons. The Kier molecular flexibility index (Phi) is 11.9. The van der Waals surface area contributed by atoms with Crippen molar-refractivity contribution in [3.63, 3.8) is 0 Å². The molecule has 1 N–H and O–H groups in total. The molecule has 0 saturated carbocycles. The largest absolute Gasteiger partial charge is 0.505 e. The molecule has 0 aliphatic rings. The average molecular weight is 781 g/mol. The van der Waals surface area contributed by atoms with Gasteiger partial charge in [-0.2, -0.15) is 4.31 Å². The summed E-state index contributed by atoms with van der Waals surface area (Å²) in [5, 5.41) is 11.1. The summed E-state index contributed by atoms with van der Waals surface area (Å²) in [4.78, 5) is 15.0. The van der Waals surface area contributed by atoms with Crippen LogP contribution in [0.25, 0.3) is 0 Å². The van der Waals surface area contributed by atoms with Crippen molar-refractivity contribution in [1.29, 1.82) is 0 Å². The zero-order chi connectivity index (χ0) is 36.2. The van der Waals surface area contributed by atoms with Crippen LogP contribution in [0.2, 0.25) is 20.1 Å². The van der Waals surface area contributed by atoms with E-state index in [-0.39, 0.29) is 47.5 Å². The molecule has 5 aromatic carbocycles. The van der Waals surface area contributed by atoms with E-state index in [1.54, 1.807) is 36.4 Å². The third kappa shape index (κ3) is 9.06. The van der Waals surface area contributed by atoms with Crippen molar-refractivity contribution in [2.45, 2.75) is 31.1 Å². The van der Waals surface area contributed by atoms with Gasteiger partial charge < -0.3 is 14.7 Å². The van der Waals surface area contributed by atoms with Gasteiger partial charge in [0, 0.05) is 52.4 Å². The number of carbonyl (C=O) groups excluding carboxylic acids is 1. The SMILES string of the molecule is COc1cc(C(=O)N(Cc2ccc(F)cc2)Cc2cc(Cl)cc(Cl)c2)ccc1CN(Cc1ccc(F)cc1)S(=O)(=O)c1cc(Cl)cc(Cl)c1O. The Balaban J connectivity index is 1.51. The van der Waals surface area contributed by atoms with Crippen LogP contribution in [0.3, 0.4) is 0 Å². The molecule has 0 aliphatic heterocycles. The minimum atomic E-state index is -4.49. The smallest absolute Gasteiger partial charge is 0.254 e. The summed E-state index contributed by atoms with van der Waals surface area (Å²) in [5.41, 5.74) is 2.36. The summed E-state index contributed by atoms with van der Waals surface area (Å²) >= 11 is 24.6. The Morgan fingerprint density at radius 3 is 1.82 bits per heavy atom. The number of aromatic hydroxyl groups is 1. The number of hydrogen-bond acceptors (Lipinski definition) is 5. The van der Waals surface area contributed by atoms with Gasteiger partial charge >= 0.3 is 0 Å². The standard InChI is InChI=1S/C36H28Cl4F2N2O5S/c1-49-33-14-25(36(46)43(18-22-2-8-30(41)9-3-22)19-24-12-27(37)15-28(38)13-24)6-7-26(33)21-44(20-23-4-10-31(42)11-5-23)50(47,48)34-17-29(39)16-32(40)35(34)45/h2-17,45H,18-21H2,1H3. The average Bonchev–Trinajstić information content (AvgIpc) is 3.07. The van der Waals surface area contributed by atoms with Crippen LogP contribution in [0.4, 0.5) is 8.78 Å². The summed E-state index contributed by atoms with van der Waals surface area (Å²) in [6.45, 7) is -0.302. The third-order valence-electron chi connectivity index (χ3n) is 7.63. The van der Waals surface area contributed by atoms with E-state index in [1.165, 1.54) is 66.6 Å².